The van der Waals surface area contributed by atoms with Crippen molar-refractivity contribution in [3.05, 3.63) is 87.7 Å². The highest BCUT2D eigenvalue weighted by molar-refractivity contribution is 5.95. The number of hydrogen-bond donors (Lipinski definition) is 3. The number of aromatic amines is 1. The van der Waals surface area contributed by atoms with Crippen molar-refractivity contribution in [1.29, 1.82) is 5.41 Å². The lowest BCUT2D eigenvalue weighted by atomic mass is 9.88. The van der Waals surface area contributed by atoms with Crippen LogP contribution in [0.3, 0.4) is 0 Å². The molecule has 1 aliphatic heterocycles. The molecular weight excluding hydrogens is 378 g/mol. The summed E-state index contributed by atoms with van der Waals surface area (Å²) in [5.41, 5.74) is 9.40. The maximum atomic E-state index is 12.9. The van der Waals surface area contributed by atoms with Crippen LogP contribution in [0.2, 0.25) is 0 Å². The first-order valence-corrected chi connectivity index (χ1v) is 9.91. The number of nitrogens with one attached hydrogen (secondary N) is 2. The van der Waals surface area contributed by atoms with Crippen LogP contribution in [-0.4, -0.2) is 39.9 Å². The first-order chi connectivity index (χ1) is 14.5. The summed E-state index contributed by atoms with van der Waals surface area (Å²) in [4.78, 5) is 25.9. The molecule has 0 spiro atoms. The molecule has 1 aromatic heterocycles. The van der Waals surface area contributed by atoms with Gasteiger partial charge in [0.15, 0.2) is 0 Å². The van der Waals surface area contributed by atoms with Gasteiger partial charge < -0.3 is 10.6 Å². The van der Waals surface area contributed by atoms with E-state index in [0.717, 1.165) is 24.0 Å². The lowest BCUT2D eigenvalue weighted by molar-refractivity contribution is 0.0713. The molecule has 4 rings (SSSR count). The number of aromatic nitrogens is 2. The van der Waals surface area contributed by atoms with Crippen molar-refractivity contribution in [2.75, 3.05) is 13.1 Å². The van der Waals surface area contributed by atoms with E-state index in [9.17, 15) is 9.59 Å². The second-order valence-electron chi connectivity index (χ2n) is 7.49. The van der Waals surface area contributed by atoms with Crippen molar-refractivity contribution >= 4 is 11.7 Å². The first kappa shape index (κ1) is 19.6. The highest BCUT2D eigenvalue weighted by Crippen LogP contribution is 2.29. The Labute approximate surface area is 174 Å². The number of nitrogen functional groups attached to an aromatic ring is 1. The highest BCUT2D eigenvalue weighted by Gasteiger charge is 2.24. The number of H-pyrrole nitrogens is 1. The van der Waals surface area contributed by atoms with Crippen LogP contribution < -0.4 is 11.3 Å². The maximum absolute atomic E-state index is 12.9. The smallest absolute Gasteiger partial charge is 0.264 e. The molecule has 3 aromatic rings. The van der Waals surface area contributed by atoms with E-state index in [1.54, 1.807) is 18.2 Å². The Balaban J connectivity index is 1.40. The molecule has 0 saturated carbocycles. The Morgan fingerprint density at radius 1 is 1.03 bits per heavy atom. The molecule has 7 heteroatoms. The Morgan fingerprint density at radius 3 is 2.40 bits per heavy atom. The molecule has 2 heterocycles. The maximum Gasteiger partial charge on any atom is 0.264 e. The summed E-state index contributed by atoms with van der Waals surface area (Å²) < 4.78 is 0. The van der Waals surface area contributed by atoms with Crippen LogP contribution >= 0.6 is 0 Å². The van der Waals surface area contributed by atoms with Crippen LogP contribution in [0.4, 0.5) is 0 Å². The molecule has 30 heavy (non-hydrogen) atoms. The summed E-state index contributed by atoms with van der Waals surface area (Å²) in [5, 5.41) is 14.0. The Bertz CT molecular complexity index is 1110. The van der Waals surface area contributed by atoms with Crippen LogP contribution in [0, 0.1) is 5.41 Å². The quantitative estimate of drug-likeness (QED) is 0.460. The molecule has 1 saturated heterocycles. The molecule has 0 atom stereocenters. The number of nitrogens with two attached hydrogens (primary N) is 1. The zero-order valence-electron chi connectivity index (χ0n) is 16.5. The third-order valence-electron chi connectivity index (χ3n) is 5.56. The van der Waals surface area contributed by atoms with Crippen molar-refractivity contribution < 1.29 is 4.79 Å². The number of rotatable bonds is 4. The lowest BCUT2D eigenvalue weighted by Crippen LogP contribution is -2.37. The van der Waals surface area contributed by atoms with E-state index in [1.807, 2.05) is 35.2 Å². The van der Waals surface area contributed by atoms with E-state index in [0.29, 0.717) is 30.3 Å². The monoisotopic (exact) mass is 401 g/mol. The van der Waals surface area contributed by atoms with Gasteiger partial charge in [0.1, 0.15) is 5.84 Å². The number of likely N-dealkylation sites (tertiary alicyclic amines) is 1. The van der Waals surface area contributed by atoms with Crippen molar-refractivity contribution in [1.82, 2.24) is 15.1 Å². The number of benzene rings is 2. The molecule has 152 valence electrons. The molecule has 1 fully saturated rings. The summed E-state index contributed by atoms with van der Waals surface area (Å²) >= 11 is 0. The van der Waals surface area contributed by atoms with Crippen molar-refractivity contribution in [3.63, 3.8) is 0 Å². The van der Waals surface area contributed by atoms with E-state index in [-0.39, 0.29) is 17.3 Å². The summed E-state index contributed by atoms with van der Waals surface area (Å²) in [6, 6.07) is 18.2. The van der Waals surface area contributed by atoms with E-state index >= 15 is 0 Å². The standard InChI is InChI=1S/C23H23N5O2/c24-22(25)19-3-1-2-18(14-19)15-10-12-28(13-11-15)23(30)17-6-4-16(5-7-17)20-8-9-21(29)27-26-20/h1-9,14-15H,10-13H2,(H3,24,25)(H,27,29). The van der Waals surface area contributed by atoms with Gasteiger partial charge in [-0.2, -0.15) is 5.10 Å². The predicted octanol–water partition coefficient (Wildman–Crippen LogP) is 2.74. The van der Waals surface area contributed by atoms with Gasteiger partial charge in [0.05, 0.1) is 5.69 Å². The number of carbonyl (C=O) groups is 1. The summed E-state index contributed by atoms with van der Waals surface area (Å²) in [7, 11) is 0. The zero-order chi connectivity index (χ0) is 21.1. The van der Waals surface area contributed by atoms with E-state index in [2.05, 4.69) is 16.3 Å². The van der Waals surface area contributed by atoms with Gasteiger partial charge in [0.2, 0.25) is 0 Å². The molecule has 1 aliphatic rings. The van der Waals surface area contributed by atoms with Crippen LogP contribution in [0.1, 0.15) is 40.2 Å². The fraction of sp³-hybridized carbons (Fsp3) is 0.217. The minimum Gasteiger partial charge on any atom is -0.384 e. The number of amidine groups is 1. The summed E-state index contributed by atoms with van der Waals surface area (Å²) in [5.74, 6) is 0.457. The molecule has 0 aliphatic carbocycles. The minimum absolute atomic E-state index is 0.0203. The predicted molar refractivity (Wildman–Crippen MR) is 116 cm³/mol. The number of amides is 1. The zero-order valence-corrected chi connectivity index (χ0v) is 16.5. The van der Waals surface area contributed by atoms with Gasteiger partial charge in [0.25, 0.3) is 11.5 Å². The third kappa shape index (κ3) is 4.15. The Morgan fingerprint density at radius 2 is 1.77 bits per heavy atom. The number of hydrogen-bond acceptors (Lipinski definition) is 4. The average Bonchev–Trinajstić information content (AvgIpc) is 2.79. The van der Waals surface area contributed by atoms with Gasteiger partial charge >= 0.3 is 0 Å². The summed E-state index contributed by atoms with van der Waals surface area (Å²) in [6.45, 7) is 1.38. The second-order valence-corrected chi connectivity index (χ2v) is 7.49. The SMILES string of the molecule is N=C(N)c1cccc(C2CCN(C(=O)c3ccc(-c4ccc(=O)[nH]n4)cc3)CC2)c1. The molecule has 2 aromatic carbocycles. The van der Waals surface area contributed by atoms with Gasteiger partial charge in [-0.15, -0.1) is 0 Å². The molecule has 0 radical (unpaired) electrons. The normalized spacial score (nSPS) is 14.5. The van der Waals surface area contributed by atoms with E-state index in [4.69, 9.17) is 11.1 Å². The fourth-order valence-corrected chi connectivity index (χ4v) is 3.85. The highest BCUT2D eigenvalue weighted by atomic mass is 16.2. The molecule has 4 N–H and O–H groups in total. The van der Waals surface area contributed by atoms with E-state index < -0.39 is 0 Å². The van der Waals surface area contributed by atoms with Crippen molar-refractivity contribution in [2.24, 2.45) is 5.73 Å². The largest absolute Gasteiger partial charge is 0.384 e. The topological polar surface area (TPSA) is 116 Å². The van der Waals surface area contributed by atoms with Gasteiger partial charge in [0, 0.05) is 35.8 Å². The van der Waals surface area contributed by atoms with Crippen molar-refractivity contribution in [3.8, 4) is 11.3 Å². The molecule has 1 amide bonds. The Kier molecular flexibility index (Phi) is 5.43. The molecule has 0 bridgehead atoms. The fourth-order valence-electron chi connectivity index (χ4n) is 3.85. The number of piperidine rings is 1. The second kappa shape index (κ2) is 8.32. The van der Waals surface area contributed by atoms with Crippen LogP contribution in [-0.2, 0) is 0 Å². The number of nitrogens with zero attached hydrogens (tertiary/aromatic N) is 2. The van der Waals surface area contributed by atoms with Gasteiger partial charge in [-0.3, -0.25) is 15.0 Å². The minimum atomic E-state index is -0.248. The van der Waals surface area contributed by atoms with Gasteiger partial charge in [-0.25, -0.2) is 5.10 Å². The molecular formula is C23H23N5O2. The Hall–Kier alpha value is -3.74. The molecule has 7 nitrogen and oxygen atoms in total. The van der Waals surface area contributed by atoms with Crippen molar-refractivity contribution in [2.45, 2.75) is 18.8 Å². The molecule has 0 unspecified atom stereocenters. The number of carbonyl (C=O) groups excluding carboxylic acids is 1. The van der Waals surface area contributed by atoms with Crippen LogP contribution in [0.5, 0.6) is 0 Å². The average molecular weight is 401 g/mol. The van der Waals surface area contributed by atoms with E-state index in [1.165, 1.54) is 11.6 Å². The third-order valence-corrected chi connectivity index (χ3v) is 5.56. The lowest BCUT2D eigenvalue weighted by Gasteiger charge is -2.32. The van der Waals surface area contributed by atoms with Gasteiger partial charge in [-0.05, 0) is 48.6 Å². The first-order valence-electron chi connectivity index (χ1n) is 9.91. The van der Waals surface area contributed by atoms with Gasteiger partial charge in [-0.1, -0.05) is 30.3 Å². The van der Waals surface area contributed by atoms with Crippen LogP contribution in [0.15, 0.2) is 65.5 Å². The summed E-state index contributed by atoms with van der Waals surface area (Å²) in [6.07, 6.45) is 1.76. The van der Waals surface area contributed by atoms with Crippen LogP contribution in [0.25, 0.3) is 11.3 Å².